The molecule has 8 heteroatoms. The van der Waals surface area contributed by atoms with Crippen LogP contribution in [0.1, 0.15) is 5.56 Å². The largest absolute Gasteiger partial charge is 0.497 e. The molecule has 7 nitrogen and oxygen atoms in total. The Kier molecular flexibility index (Phi) is 5.25. The fourth-order valence-electron chi connectivity index (χ4n) is 3.78. The third-order valence-electron chi connectivity index (χ3n) is 5.43. The number of aromatic nitrogens is 4. The maximum atomic E-state index is 5.26. The Morgan fingerprint density at radius 2 is 1.73 bits per heavy atom. The Labute approximate surface area is 179 Å². The van der Waals surface area contributed by atoms with Crippen molar-refractivity contribution in [3.8, 4) is 17.0 Å². The molecule has 0 aliphatic carbocycles. The van der Waals surface area contributed by atoms with Crippen molar-refractivity contribution in [2.45, 2.75) is 6.54 Å². The van der Waals surface area contributed by atoms with Crippen LogP contribution in [-0.4, -0.2) is 57.5 Å². The van der Waals surface area contributed by atoms with E-state index in [4.69, 9.17) is 9.11 Å². The van der Waals surface area contributed by atoms with Crippen LogP contribution in [0.15, 0.2) is 55.1 Å². The van der Waals surface area contributed by atoms with Crippen molar-refractivity contribution in [3.63, 3.8) is 0 Å². The predicted molar refractivity (Wildman–Crippen MR) is 119 cm³/mol. The Morgan fingerprint density at radius 3 is 2.47 bits per heavy atom. The molecule has 1 aliphatic heterocycles. The monoisotopic (exact) mass is 418 g/mol. The molecule has 5 rings (SSSR count). The molecule has 1 aromatic carbocycles. The van der Waals surface area contributed by atoms with Gasteiger partial charge in [0.15, 0.2) is 5.82 Å². The van der Waals surface area contributed by atoms with Crippen molar-refractivity contribution in [3.05, 3.63) is 60.7 Å². The van der Waals surface area contributed by atoms with E-state index in [9.17, 15) is 0 Å². The zero-order valence-corrected chi connectivity index (χ0v) is 17.5. The van der Waals surface area contributed by atoms with Crippen molar-refractivity contribution < 1.29 is 4.74 Å². The number of rotatable bonds is 5. The summed E-state index contributed by atoms with van der Waals surface area (Å²) in [6.07, 6.45) is 5.36. The number of hydrogen-bond acceptors (Lipinski definition) is 8. The van der Waals surface area contributed by atoms with E-state index in [1.807, 2.05) is 36.7 Å². The molecule has 0 unspecified atom stereocenters. The van der Waals surface area contributed by atoms with Gasteiger partial charge in [-0.25, -0.2) is 9.97 Å². The highest BCUT2D eigenvalue weighted by molar-refractivity contribution is 7.14. The van der Waals surface area contributed by atoms with Crippen LogP contribution >= 0.6 is 11.5 Å². The molecule has 0 atom stereocenters. The molecule has 4 heterocycles. The molecule has 0 saturated carbocycles. The topological polar surface area (TPSA) is 67.3 Å². The normalized spacial score (nSPS) is 14.9. The molecule has 30 heavy (non-hydrogen) atoms. The van der Waals surface area contributed by atoms with E-state index in [1.54, 1.807) is 13.4 Å². The average molecular weight is 419 g/mol. The standard InChI is InChI=1S/C22H22N6OS/c1-29-18-4-2-17(3-5-18)19-20-21(30-26-19)22(25-15-24-20)28-12-10-27(11-13-28)14-16-6-8-23-9-7-16/h2-9,15H,10-14H2,1H3. The second-order valence-corrected chi connectivity index (χ2v) is 8.03. The van der Waals surface area contributed by atoms with Gasteiger partial charge in [-0.1, -0.05) is 0 Å². The fraction of sp³-hybridized carbons (Fsp3) is 0.273. The van der Waals surface area contributed by atoms with E-state index in [0.29, 0.717) is 0 Å². The second-order valence-electron chi connectivity index (χ2n) is 7.25. The van der Waals surface area contributed by atoms with Crippen molar-refractivity contribution in [1.29, 1.82) is 0 Å². The zero-order chi connectivity index (χ0) is 20.3. The van der Waals surface area contributed by atoms with E-state index in [1.165, 1.54) is 17.1 Å². The van der Waals surface area contributed by atoms with E-state index in [0.717, 1.165) is 65.8 Å². The molecule has 1 fully saturated rings. The third kappa shape index (κ3) is 3.71. The Morgan fingerprint density at radius 1 is 0.967 bits per heavy atom. The van der Waals surface area contributed by atoms with E-state index in [2.05, 4.69) is 36.9 Å². The number of fused-ring (bicyclic) bond motifs is 1. The highest BCUT2D eigenvalue weighted by atomic mass is 32.1. The fourth-order valence-corrected chi connectivity index (χ4v) is 4.65. The average Bonchev–Trinajstić information content (AvgIpc) is 3.25. The first-order valence-electron chi connectivity index (χ1n) is 9.93. The van der Waals surface area contributed by atoms with Gasteiger partial charge in [-0.2, -0.15) is 4.37 Å². The van der Waals surface area contributed by atoms with Crippen LogP contribution in [0.3, 0.4) is 0 Å². The van der Waals surface area contributed by atoms with Crippen LogP contribution in [0, 0.1) is 0 Å². The first-order valence-corrected chi connectivity index (χ1v) is 10.7. The molecule has 0 spiro atoms. The summed E-state index contributed by atoms with van der Waals surface area (Å²) in [5.41, 5.74) is 4.15. The van der Waals surface area contributed by atoms with Crippen LogP contribution in [0.4, 0.5) is 5.82 Å². The number of pyridine rings is 1. The number of hydrogen-bond donors (Lipinski definition) is 0. The van der Waals surface area contributed by atoms with Crippen molar-refractivity contribution in [2.24, 2.45) is 0 Å². The molecule has 0 bridgehead atoms. The number of ether oxygens (including phenoxy) is 1. The van der Waals surface area contributed by atoms with Gasteiger partial charge in [0.1, 0.15) is 28.0 Å². The second kappa shape index (κ2) is 8.33. The Bertz CT molecular complexity index is 1120. The van der Waals surface area contributed by atoms with Crippen molar-refractivity contribution in [1.82, 2.24) is 24.2 Å². The summed E-state index contributed by atoms with van der Waals surface area (Å²) in [5, 5.41) is 0. The minimum atomic E-state index is 0.832. The van der Waals surface area contributed by atoms with Gasteiger partial charge in [-0.3, -0.25) is 9.88 Å². The number of anilines is 1. The van der Waals surface area contributed by atoms with E-state index < -0.39 is 0 Å². The maximum Gasteiger partial charge on any atom is 0.151 e. The van der Waals surface area contributed by atoms with E-state index >= 15 is 0 Å². The number of piperazine rings is 1. The van der Waals surface area contributed by atoms with Gasteiger partial charge >= 0.3 is 0 Å². The summed E-state index contributed by atoms with van der Waals surface area (Å²) in [6, 6.07) is 12.1. The lowest BCUT2D eigenvalue weighted by Gasteiger charge is -2.35. The minimum Gasteiger partial charge on any atom is -0.497 e. The molecule has 3 aromatic heterocycles. The van der Waals surface area contributed by atoms with Crippen molar-refractivity contribution in [2.75, 3.05) is 38.2 Å². The number of benzene rings is 1. The molecular weight excluding hydrogens is 396 g/mol. The predicted octanol–water partition coefficient (Wildman–Crippen LogP) is 3.48. The summed E-state index contributed by atoms with van der Waals surface area (Å²) < 4.78 is 11.0. The molecule has 1 saturated heterocycles. The first-order chi connectivity index (χ1) is 14.8. The molecule has 0 amide bonds. The SMILES string of the molecule is COc1ccc(-c2nsc3c(N4CCN(Cc5ccncc5)CC4)ncnc23)cc1. The van der Waals surface area contributed by atoms with Crippen LogP contribution < -0.4 is 9.64 Å². The van der Waals surface area contributed by atoms with Crippen LogP contribution in [0.2, 0.25) is 0 Å². The van der Waals surface area contributed by atoms with Crippen LogP contribution in [0.5, 0.6) is 5.75 Å². The summed E-state index contributed by atoms with van der Waals surface area (Å²) in [4.78, 5) is 18.1. The van der Waals surface area contributed by atoms with Crippen LogP contribution in [-0.2, 0) is 6.54 Å². The summed E-state index contributed by atoms with van der Waals surface area (Å²) in [6.45, 7) is 4.83. The lowest BCUT2D eigenvalue weighted by molar-refractivity contribution is 0.249. The summed E-state index contributed by atoms with van der Waals surface area (Å²) in [7, 11) is 1.67. The lowest BCUT2D eigenvalue weighted by Crippen LogP contribution is -2.46. The number of methoxy groups -OCH3 is 1. The van der Waals surface area contributed by atoms with Gasteiger partial charge in [0, 0.05) is 50.7 Å². The molecule has 0 radical (unpaired) electrons. The van der Waals surface area contributed by atoms with Gasteiger partial charge < -0.3 is 9.64 Å². The highest BCUT2D eigenvalue weighted by Crippen LogP contribution is 2.35. The van der Waals surface area contributed by atoms with Crippen molar-refractivity contribution >= 4 is 27.6 Å². The van der Waals surface area contributed by atoms with Gasteiger partial charge in [0.2, 0.25) is 0 Å². The van der Waals surface area contributed by atoms with Crippen LogP contribution in [0.25, 0.3) is 21.5 Å². The Balaban J connectivity index is 1.35. The molecule has 152 valence electrons. The van der Waals surface area contributed by atoms with Gasteiger partial charge in [-0.15, -0.1) is 0 Å². The lowest BCUT2D eigenvalue weighted by atomic mass is 10.1. The van der Waals surface area contributed by atoms with Gasteiger partial charge in [-0.05, 0) is 53.5 Å². The third-order valence-corrected chi connectivity index (χ3v) is 6.26. The Hall–Kier alpha value is -3.10. The first kappa shape index (κ1) is 18.9. The molecule has 4 aromatic rings. The maximum absolute atomic E-state index is 5.26. The molecule has 1 aliphatic rings. The molecular formula is C22H22N6OS. The smallest absolute Gasteiger partial charge is 0.151 e. The van der Waals surface area contributed by atoms with E-state index in [-0.39, 0.29) is 0 Å². The van der Waals surface area contributed by atoms with Gasteiger partial charge in [0.05, 0.1) is 7.11 Å². The summed E-state index contributed by atoms with van der Waals surface area (Å²) in [5.74, 6) is 1.82. The van der Waals surface area contributed by atoms with Gasteiger partial charge in [0.25, 0.3) is 0 Å². The number of nitrogens with zero attached hydrogens (tertiary/aromatic N) is 6. The highest BCUT2D eigenvalue weighted by Gasteiger charge is 2.22. The zero-order valence-electron chi connectivity index (χ0n) is 16.7. The quantitative estimate of drug-likeness (QED) is 0.491. The summed E-state index contributed by atoms with van der Waals surface area (Å²) >= 11 is 1.47. The molecule has 0 N–H and O–H groups in total. The minimum absolute atomic E-state index is 0.832.